The van der Waals surface area contributed by atoms with Gasteiger partial charge in [-0.2, -0.15) is 0 Å². The summed E-state index contributed by atoms with van der Waals surface area (Å²) in [4.78, 5) is 21.6. The van der Waals surface area contributed by atoms with E-state index in [2.05, 4.69) is 0 Å². The fourth-order valence-corrected chi connectivity index (χ4v) is 4.93. The Morgan fingerprint density at radius 3 is 2.69 bits per heavy atom. The van der Waals surface area contributed by atoms with Gasteiger partial charge < -0.3 is 9.80 Å². The molecule has 2 heterocycles. The summed E-state index contributed by atoms with van der Waals surface area (Å²) in [6.45, 7) is 0.757. The molecule has 0 unspecified atom stereocenters. The first-order valence-electron chi connectivity index (χ1n) is 9.33. The second-order valence-electron chi connectivity index (χ2n) is 7.12. The molecule has 2 aliphatic rings. The van der Waals surface area contributed by atoms with Gasteiger partial charge in [0.2, 0.25) is 5.91 Å². The number of hydrogen-bond acceptors (Lipinski definition) is 5. The molecule has 0 saturated carbocycles. The number of anilines is 2. The SMILES string of the molecule is CON(C)S(=O)(=O)c1ccc2c(c1)N(Cc1ccccc1F)C(=O)[C@H]1CCCN21. The third-order valence-corrected chi connectivity index (χ3v) is 7.21. The molecule has 1 saturated heterocycles. The van der Waals surface area contributed by atoms with Crippen molar-refractivity contribution in [2.24, 2.45) is 0 Å². The first kappa shape index (κ1) is 19.8. The predicted octanol–water partition coefficient (Wildman–Crippen LogP) is 2.52. The average Bonchev–Trinajstić information content (AvgIpc) is 3.21. The largest absolute Gasteiger partial charge is 0.358 e. The summed E-state index contributed by atoms with van der Waals surface area (Å²) in [6.07, 6.45) is 1.59. The summed E-state index contributed by atoms with van der Waals surface area (Å²) in [6, 6.07) is 10.7. The van der Waals surface area contributed by atoms with Crippen LogP contribution in [0, 0.1) is 5.82 Å². The Hall–Kier alpha value is -2.49. The zero-order valence-corrected chi connectivity index (χ0v) is 17.0. The molecule has 2 aromatic carbocycles. The normalized spacial score (nSPS) is 18.9. The molecule has 0 aromatic heterocycles. The van der Waals surface area contributed by atoms with Crippen LogP contribution in [0.3, 0.4) is 0 Å². The molecule has 4 rings (SSSR count). The highest BCUT2D eigenvalue weighted by Gasteiger charge is 2.41. The second kappa shape index (κ2) is 7.40. The zero-order chi connectivity index (χ0) is 20.8. The Morgan fingerprint density at radius 1 is 1.21 bits per heavy atom. The minimum absolute atomic E-state index is 0.00424. The summed E-state index contributed by atoms with van der Waals surface area (Å²) >= 11 is 0. The number of fused-ring (bicyclic) bond motifs is 3. The number of rotatable bonds is 5. The fraction of sp³-hybridized carbons (Fsp3) is 0.350. The smallest absolute Gasteiger partial charge is 0.264 e. The number of sulfonamides is 1. The minimum atomic E-state index is -3.89. The average molecular weight is 419 g/mol. The number of nitrogens with zero attached hydrogens (tertiary/aromatic N) is 3. The molecule has 29 heavy (non-hydrogen) atoms. The van der Waals surface area contributed by atoms with Crippen LogP contribution in [-0.4, -0.2) is 45.5 Å². The summed E-state index contributed by atoms with van der Waals surface area (Å²) < 4.78 is 40.4. The van der Waals surface area contributed by atoms with E-state index in [1.165, 1.54) is 37.3 Å². The maximum absolute atomic E-state index is 14.3. The molecule has 2 aromatic rings. The molecule has 1 fully saturated rings. The highest BCUT2D eigenvalue weighted by molar-refractivity contribution is 7.89. The number of hydroxylamine groups is 1. The molecule has 1 amide bonds. The van der Waals surface area contributed by atoms with Gasteiger partial charge in [-0.25, -0.2) is 12.8 Å². The highest BCUT2D eigenvalue weighted by Crippen LogP contribution is 2.42. The van der Waals surface area contributed by atoms with Gasteiger partial charge in [-0.05, 0) is 37.1 Å². The van der Waals surface area contributed by atoms with Crippen LogP contribution >= 0.6 is 0 Å². The van der Waals surface area contributed by atoms with Crippen LogP contribution in [0.2, 0.25) is 0 Å². The molecule has 0 aliphatic carbocycles. The van der Waals surface area contributed by atoms with Crippen molar-refractivity contribution in [1.82, 2.24) is 4.47 Å². The van der Waals surface area contributed by atoms with E-state index in [4.69, 9.17) is 4.84 Å². The first-order chi connectivity index (χ1) is 13.8. The van der Waals surface area contributed by atoms with Crippen molar-refractivity contribution in [3.05, 3.63) is 53.8 Å². The summed E-state index contributed by atoms with van der Waals surface area (Å²) in [7, 11) is -1.32. The van der Waals surface area contributed by atoms with E-state index in [9.17, 15) is 17.6 Å². The molecular weight excluding hydrogens is 397 g/mol. The lowest BCUT2D eigenvalue weighted by Crippen LogP contribution is -2.50. The second-order valence-corrected chi connectivity index (χ2v) is 9.05. The van der Waals surface area contributed by atoms with Gasteiger partial charge in [-0.1, -0.05) is 22.7 Å². The third kappa shape index (κ3) is 3.29. The van der Waals surface area contributed by atoms with E-state index < -0.39 is 15.8 Å². The van der Waals surface area contributed by atoms with Crippen molar-refractivity contribution < 1.29 is 22.4 Å². The van der Waals surface area contributed by atoms with Crippen LogP contribution in [0.5, 0.6) is 0 Å². The highest BCUT2D eigenvalue weighted by atomic mass is 32.2. The standard InChI is InChI=1S/C20H22FN3O4S/c1-22(28-2)29(26,27)15-9-10-17-19(12-15)24(13-14-6-3-4-7-16(14)21)20(25)18-8-5-11-23(17)18/h3-4,6-7,9-10,12,18H,5,8,11,13H2,1-2H3/t18-/m1/s1. The van der Waals surface area contributed by atoms with Gasteiger partial charge in [-0.15, -0.1) is 0 Å². The van der Waals surface area contributed by atoms with Crippen molar-refractivity contribution in [1.29, 1.82) is 0 Å². The summed E-state index contributed by atoms with van der Waals surface area (Å²) in [5.74, 6) is -0.550. The fourth-order valence-electron chi connectivity index (χ4n) is 3.94. The lowest BCUT2D eigenvalue weighted by molar-refractivity contribution is -0.120. The minimum Gasteiger partial charge on any atom is -0.358 e. The number of carbonyl (C=O) groups excluding carboxylic acids is 1. The topological polar surface area (TPSA) is 70.2 Å². The molecule has 1 atom stereocenters. The lowest BCUT2D eigenvalue weighted by Gasteiger charge is -2.40. The molecular formula is C20H22FN3O4S. The van der Waals surface area contributed by atoms with Gasteiger partial charge >= 0.3 is 0 Å². The van der Waals surface area contributed by atoms with E-state index >= 15 is 0 Å². The number of benzene rings is 2. The maximum Gasteiger partial charge on any atom is 0.264 e. The number of hydrogen-bond donors (Lipinski definition) is 0. The van der Waals surface area contributed by atoms with Crippen molar-refractivity contribution in [2.75, 3.05) is 30.5 Å². The monoisotopic (exact) mass is 419 g/mol. The van der Waals surface area contributed by atoms with Gasteiger partial charge in [0.15, 0.2) is 0 Å². The number of halogens is 1. The van der Waals surface area contributed by atoms with Crippen LogP contribution < -0.4 is 9.80 Å². The molecule has 0 spiro atoms. The summed E-state index contributed by atoms with van der Waals surface area (Å²) in [5.41, 5.74) is 1.62. The Kier molecular flexibility index (Phi) is 5.05. The first-order valence-corrected chi connectivity index (χ1v) is 10.8. The van der Waals surface area contributed by atoms with Crippen LogP contribution in [0.25, 0.3) is 0 Å². The Bertz CT molecular complexity index is 1060. The Balaban J connectivity index is 1.83. The van der Waals surface area contributed by atoms with Gasteiger partial charge in [0.1, 0.15) is 11.9 Å². The van der Waals surface area contributed by atoms with E-state index in [-0.39, 0.29) is 23.4 Å². The van der Waals surface area contributed by atoms with Crippen LogP contribution in [-0.2, 0) is 26.2 Å². The zero-order valence-electron chi connectivity index (χ0n) is 16.2. The number of carbonyl (C=O) groups is 1. The quantitative estimate of drug-likeness (QED) is 0.697. The Labute approximate surface area is 169 Å². The van der Waals surface area contributed by atoms with Crippen molar-refractivity contribution in [3.8, 4) is 0 Å². The van der Waals surface area contributed by atoms with E-state index in [1.807, 2.05) is 4.90 Å². The van der Waals surface area contributed by atoms with Crippen molar-refractivity contribution >= 4 is 27.3 Å². The third-order valence-electron chi connectivity index (χ3n) is 5.53. The molecule has 0 radical (unpaired) electrons. The van der Waals surface area contributed by atoms with Crippen molar-refractivity contribution in [3.63, 3.8) is 0 Å². The van der Waals surface area contributed by atoms with Gasteiger partial charge in [0.25, 0.3) is 10.0 Å². The molecule has 0 bridgehead atoms. The molecule has 7 nitrogen and oxygen atoms in total. The molecule has 0 N–H and O–H groups in total. The van der Waals surface area contributed by atoms with Gasteiger partial charge in [-0.3, -0.25) is 9.63 Å². The lowest BCUT2D eigenvalue weighted by atomic mass is 10.1. The van der Waals surface area contributed by atoms with E-state index in [1.54, 1.807) is 24.3 Å². The van der Waals surface area contributed by atoms with Crippen molar-refractivity contribution in [2.45, 2.75) is 30.3 Å². The molecule has 9 heteroatoms. The number of amides is 1. The molecule has 154 valence electrons. The van der Waals surface area contributed by atoms with E-state index in [0.717, 1.165) is 29.5 Å². The van der Waals surface area contributed by atoms with Crippen LogP contribution in [0.4, 0.5) is 15.8 Å². The molecule has 2 aliphatic heterocycles. The Morgan fingerprint density at radius 2 is 1.97 bits per heavy atom. The maximum atomic E-state index is 14.3. The predicted molar refractivity (Wildman–Crippen MR) is 106 cm³/mol. The van der Waals surface area contributed by atoms with Gasteiger partial charge in [0.05, 0.1) is 29.9 Å². The van der Waals surface area contributed by atoms with Crippen LogP contribution in [0.1, 0.15) is 18.4 Å². The van der Waals surface area contributed by atoms with Crippen LogP contribution in [0.15, 0.2) is 47.4 Å². The van der Waals surface area contributed by atoms with E-state index in [0.29, 0.717) is 11.3 Å². The van der Waals surface area contributed by atoms with Gasteiger partial charge in [0, 0.05) is 19.2 Å². The summed E-state index contributed by atoms with van der Waals surface area (Å²) in [5, 5.41) is 0.